The molecular weight excluding hydrogens is 290 g/mol. The lowest BCUT2D eigenvalue weighted by molar-refractivity contribution is 0.0768. The Hall–Kier alpha value is -1.85. The third-order valence-electron chi connectivity index (χ3n) is 3.61. The Morgan fingerprint density at radius 3 is 2.81 bits per heavy atom. The van der Waals surface area contributed by atoms with E-state index in [2.05, 4.69) is 10.3 Å². The van der Waals surface area contributed by atoms with Gasteiger partial charge in [-0.25, -0.2) is 0 Å². The van der Waals surface area contributed by atoms with Crippen molar-refractivity contribution < 1.29 is 4.79 Å². The molecule has 21 heavy (non-hydrogen) atoms. The van der Waals surface area contributed by atoms with Crippen LogP contribution in [0.3, 0.4) is 0 Å². The zero-order chi connectivity index (χ0) is 13.9. The van der Waals surface area contributed by atoms with Crippen molar-refractivity contribution in [2.24, 2.45) is 0 Å². The fourth-order valence-electron chi connectivity index (χ4n) is 2.60. The highest BCUT2D eigenvalue weighted by Gasteiger charge is 2.19. The average molecular weight is 308 g/mol. The van der Waals surface area contributed by atoms with Crippen LogP contribution in [0.25, 0.3) is 10.9 Å². The molecule has 1 aliphatic rings. The SMILES string of the molecule is Cl.O=C(c1cc(=O)[nH]c2ccccc12)N1CCCNCC1. The van der Waals surface area contributed by atoms with Crippen LogP contribution in [0.15, 0.2) is 35.1 Å². The van der Waals surface area contributed by atoms with Crippen molar-refractivity contribution in [3.8, 4) is 0 Å². The number of amides is 1. The van der Waals surface area contributed by atoms with Gasteiger partial charge in [-0.1, -0.05) is 18.2 Å². The van der Waals surface area contributed by atoms with Crippen LogP contribution in [-0.4, -0.2) is 42.0 Å². The summed E-state index contributed by atoms with van der Waals surface area (Å²) < 4.78 is 0. The summed E-state index contributed by atoms with van der Waals surface area (Å²) in [6.45, 7) is 3.14. The van der Waals surface area contributed by atoms with E-state index in [9.17, 15) is 9.59 Å². The quantitative estimate of drug-likeness (QED) is 0.836. The van der Waals surface area contributed by atoms with E-state index in [4.69, 9.17) is 0 Å². The van der Waals surface area contributed by atoms with E-state index in [1.807, 2.05) is 29.2 Å². The smallest absolute Gasteiger partial charge is 0.254 e. The number of carbonyl (C=O) groups is 1. The minimum Gasteiger partial charge on any atom is -0.337 e. The van der Waals surface area contributed by atoms with Crippen LogP contribution >= 0.6 is 12.4 Å². The Morgan fingerprint density at radius 2 is 1.95 bits per heavy atom. The van der Waals surface area contributed by atoms with Gasteiger partial charge in [0.05, 0.1) is 5.56 Å². The molecule has 0 aliphatic carbocycles. The molecule has 1 aliphatic heterocycles. The van der Waals surface area contributed by atoms with Gasteiger partial charge in [-0.05, 0) is 19.0 Å². The normalized spacial score (nSPS) is 15.3. The fourth-order valence-corrected chi connectivity index (χ4v) is 2.60. The van der Waals surface area contributed by atoms with Crippen molar-refractivity contribution in [1.29, 1.82) is 0 Å². The molecule has 0 radical (unpaired) electrons. The van der Waals surface area contributed by atoms with E-state index < -0.39 is 0 Å². The summed E-state index contributed by atoms with van der Waals surface area (Å²) >= 11 is 0. The molecule has 1 amide bonds. The summed E-state index contributed by atoms with van der Waals surface area (Å²) in [6, 6.07) is 8.82. The number of pyridine rings is 1. The van der Waals surface area contributed by atoms with E-state index in [-0.39, 0.29) is 23.9 Å². The van der Waals surface area contributed by atoms with Crippen LogP contribution < -0.4 is 10.9 Å². The summed E-state index contributed by atoms with van der Waals surface area (Å²) in [5.74, 6) is -0.0593. The molecule has 0 spiro atoms. The first-order valence-electron chi connectivity index (χ1n) is 6.88. The first-order chi connectivity index (χ1) is 9.75. The number of fused-ring (bicyclic) bond motifs is 1. The summed E-state index contributed by atoms with van der Waals surface area (Å²) in [6.07, 6.45) is 0.937. The summed E-state index contributed by atoms with van der Waals surface area (Å²) in [5.41, 5.74) is 0.961. The van der Waals surface area contributed by atoms with Crippen molar-refractivity contribution in [2.45, 2.75) is 6.42 Å². The molecule has 1 fully saturated rings. The van der Waals surface area contributed by atoms with Gasteiger partial charge in [0.25, 0.3) is 5.91 Å². The molecule has 0 unspecified atom stereocenters. The van der Waals surface area contributed by atoms with E-state index in [0.717, 1.165) is 31.4 Å². The van der Waals surface area contributed by atoms with Crippen LogP contribution in [0.1, 0.15) is 16.8 Å². The van der Waals surface area contributed by atoms with Gasteiger partial charge in [-0.3, -0.25) is 9.59 Å². The number of aromatic nitrogens is 1. The summed E-state index contributed by atoms with van der Waals surface area (Å²) in [5, 5.41) is 4.07. The Bertz CT molecular complexity index is 691. The number of nitrogens with zero attached hydrogens (tertiary/aromatic N) is 1. The molecular formula is C15H18ClN3O2. The van der Waals surface area contributed by atoms with Crippen LogP contribution in [-0.2, 0) is 0 Å². The number of halogens is 1. The molecule has 1 aromatic carbocycles. The number of hydrogen-bond donors (Lipinski definition) is 2. The second kappa shape index (κ2) is 6.74. The first-order valence-corrected chi connectivity index (χ1v) is 6.88. The molecule has 2 aromatic rings. The van der Waals surface area contributed by atoms with E-state index in [0.29, 0.717) is 17.6 Å². The predicted octanol–water partition coefficient (Wildman–Crippen LogP) is 1.39. The monoisotopic (exact) mass is 307 g/mol. The van der Waals surface area contributed by atoms with Crippen molar-refractivity contribution >= 4 is 29.2 Å². The first kappa shape index (κ1) is 15.5. The number of hydrogen-bond acceptors (Lipinski definition) is 3. The lowest BCUT2D eigenvalue weighted by Gasteiger charge is -2.20. The molecule has 6 heteroatoms. The Labute approximate surface area is 128 Å². The Morgan fingerprint density at radius 1 is 1.14 bits per heavy atom. The van der Waals surface area contributed by atoms with Gasteiger partial charge in [0.2, 0.25) is 5.56 Å². The van der Waals surface area contributed by atoms with Gasteiger partial charge in [-0.15, -0.1) is 12.4 Å². The lowest BCUT2D eigenvalue weighted by atomic mass is 10.1. The minimum absolute atomic E-state index is 0. The number of rotatable bonds is 1. The van der Waals surface area contributed by atoms with Crippen molar-refractivity contribution in [3.05, 3.63) is 46.2 Å². The van der Waals surface area contributed by atoms with Crippen LogP contribution in [0.2, 0.25) is 0 Å². The summed E-state index contributed by atoms with van der Waals surface area (Å²) in [4.78, 5) is 29.0. The molecule has 0 atom stereocenters. The number of nitrogens with one attached hydrogen (secondary N) is 2. The van der Waals surface area contributed by atoms with Crippen molar-refractivity contribution in [1.82, 2.24) is 15.2 Å². The maximum Gasteiger partial charge on any atom is 0.254 e. The van der Waals surface area contributed by atoms with E-state index in [1.54, 1.807) is 0 Å². The number of benzene rings is 1. The van der Waals surface area contributed by atoms with Crippen LogP contribution in [0.5, 0.6) is 0 Å². The molecule has 3 rings (SSSR count). The maximum atomic E-state index is 12.7. The highest BCUT2D eigenvalue weighted by atomic mass is 35.5. The van der Waals surface area contributed by atoms with Crippen LogP contribution in [0.4, 0.5) is 0 Å². The van der Waals surface area contributed by atoms with Crippen molar-refractivity contribution in [2.75, 3.05) is 26.2 Å². The molecule has 1 saturated heterocycles. The fraction of sp³-hybridized carbons (Fsp3) is 0.333. The lowest BCUT2D eigenvalue weighted by Crippen LogP contribution is -2.34. The van der Waals surface area contributed by atoms with E-state index >= 15 is 0 Å². The molecule has 2 heterocycles. The largest absolute Gasteiger partial charge is 0.337 e. The maximum absolute atomic E-state index is 12.7. The Balaban J connectivity index is 0.00000161. The third kappa shape index (κ3) is 3.25. The number of H-pyrrole nitrogens is 1. The topological polar surface area (TPSA) is 65.2 Å². The standard InChI is InChI=1S/C15H17N3O2.ClH/c19-14-10-12(11-4-1-2-5-13(11)17-14)15(20)18-8-3-6-16-7-9-18;/h1-2,4-5,10,16H,3,6-9H2,(H,17,19);1H. The van der Waals surface area contributed by atoms with Gasteiger partial charge in [0, 0.05) is 36.6 Å². The third-order valence-corrected chi connectivity index (χ3v) is 3.61. The highest BCUT2D eigenvalue weighted by molar-refractivity contribution is 6.05. The number of aromatic amines is 1. The van der Waals surface area contributed by atoms with Gasteiger partial charge in [0.15, 0.2) is 0 Å². The minimum atomic E-state index is -0.236. The Kier molecular flexibility index (Phi) is 4.98. The highest BCUT2D eigenvalue weighted by Crippen LogP contribution is 2.16. The average Bonchev–Trinajstić information content (AvgIpc) is 2.74. The second-order valence-corrected chi connectivity index (χ2v) is 4.99. The predicted molar refractivity (Wildman–Crippen MR) is 85.2 cm³/mol. The molecule has 112 valence electrons. The number of carbonyl (C=O) groups excluding carboxylic acids is 1. The van der Waals surface area contributed by atoms with Crippen molar-refractivity contribution in [3.63, 3.8) is 0 Å². The second-order valence-electron chi connectivity index (χ2n) is 4.99. The molecule has 0 bridgehead atoms. The van der Waals surface area contributed by atoms with Gasteiger partial charge in [-0.2, -0.15) is 0 Å². The van der Waals surface area contributed by atoms with Gasteiger partial charge in [0.1, 0.15) is 0 Å². The number of para-hydroxylation sites is 1. The van der Waals surface area contributed by atoms with Gasteiger partial charge < -0.3 is 15.2 Å². The zero-order valence-corrected chi connectivity index (χ0v) is 12.4. The van der Waals surface area contributed by atoms with Gasteiger partial charge >= 0.3 is 0 Å². The van der Waals surface area contributed by atoms with Crippen LogP contribution in [0, 0.1) is 0 Å². The van der Waals surface area contributed by atoms with E-state index in [1.165, 1.54) is 6.07 Å². The zero-order valence-electron chi connectivity index (χ0n) is 11.6. The molecule has 5 nitrogen and oxygen atoms in total. The molecule has 1 aromatic heterocycles. The molecule has 0 saturated carbocycles. The summed E-state index contributed by atoms with van der Waals surface area (Å²) in [7, 11) is 0. The molecule has 2 N–H and O–H groups in total.